The molecule has 0 saturated carbocycles. The predicted octanol–water partition coefficient (Wildman–Crippen LogP) is 3.67. The van der Waals surface area contributed by atoms with Crippen molar-refractivity contribution in [2.45, 2.75) is 52.5 Å². The van der Waals surface area contributed by atoms with Gasteiger partial charge >= 0.3 is 5.97 Å². The van der Waals surface area contributed by atoms with Crippen molar-refractivity contribution >= 4 is 5.97 Å². The smallest absolute Gasteiger partial charge is 0.304 e. The molecule has 112 valence electrons. The molecular weight excluding hydrogens is 250 g/mol. The topological polar surface area (TPSA) is 40.5 Å². The summed E-state index contributed by atoms with van der Waals surface area (Å²) in [5, 5.41) is 8.80. The van der Waals surface area contributed by atoms with Crippen LogP contribution in [0.1, 0.15) is 51.7 Å². The molecule has 0 radical (unpaired) electrons. The van der Waals surface area contributed by atoms with Gasteiger partial charge in [-0.05, 0) is 29.5 Å². The molecule has 1 rings (SSSR count). The minimum Gasteiger partial charge on any atom is -0.481 e. The van der Waals surface area contributed by atoms with Crippen LogP contribution in [0.15, 0.2) is 24.3 Å². The van der Waals surface area contributed by atoms with E-state index in [0.29, 0.717) is 6.54 Å². The molecule has 0 aliphatic carbocycles. The Morgan fingerprint density at radius 3 is 2.20 bits per heavy atom. The van der Waals surface area contributed by atoms with Crippen LogP contribution in [0.25, 0.3) is 0 Å². The Bertz CT molecular complexity index is 418. The summed E-state index contributed by atoms with van der Waals surface area (Å²) in [6.07, 6.45) is 1.25. The number of carboxylic acids is 1. The fourth-order valence-electron chi connectivity index (χ4n) is 2.21. The first kappa shape index (κ1) is 16.7. The van der Waals surface area contributed by atoms with E-state index in [-0.39, 0.29) is 11.8 Å². The van der Waals surface area contributed by atoms with Crippen LogP contribution in [0.5, 0.6) is 0 Å². The van der Waals surface area contributed by atoms with Crippen LogP contribution in [0, 0.1) is 0 Å². The highest BCUT2D eigenvalue weighted by atomic mass is 16.4. The van der Waals surface area contributed by atoms with Crippen LogP contribution in [0.2, 0.25) is 0 Å². The molecular formula is C17H27NO2. The number of hydrogen-bond acceptors (Lipinski definition) is 2. The van der Waals surface area contributed by atoms with Crippen molar-refractivity contribution in [1.82, 2.24) is 4.90 Å². The summed E-state index contributed by atoms with van der Waals surface area (Å²) >= 11 is 0. The SMILES string of the molecule is CCCN(CCC(=O)O)Cc1ccc(C(C)(C)C)cc1. The second-order valence-corrected chi connectivity index (χ2v) is 6.37. The van der Waals surface area contributed by atoms with Crippen LogP contribution < -0.4 is 0 Å². The molecule has 0 heterocycles. The van der Waals surface area contributed by atoms with E-state index >= 15 is 0 Å². The molecule has 0 unspecified atom stereocenters. The first-order chi connectivity index (χ1) is 9.32. The van der Waals surface area contributed by atoms with Crippen molar-refractivity contribution < 1.29 is 9.90 Å². The second-order valence-electron chi connectivity index (χ2n) is 6.37. The standard InChI is InChI=1S/C17H27NO2/c1-5-11-18(12-10-16(19)20)13-14-6-8-15(9-7-14)17(2,3)4/h6-9H,5,10-13H2,1-4H3,(H,19,20). The lowest BCUT2D eigenvalue weighted by molar-refractivity contribution is -0.137. The minimum absolute atomic E-state index is 0.172. The quantitative estimate of drug-likeness (QED) is 0.826. The summed E-state index contributed by atoms with van der Waals surface area (Å²) in [6.45, 7) is 11.1. The first-order valence-electron chi connectivity index (χ1n) is 7.36. The van der Waals surface area contributed by atoms with Crippen molar-refractivity contribution in [2.75, 3.05) is 13.1 Å². The zero-order valence-corrected chi connectivity index (χ0v) is 13.1. The van der Waals surface area contributed by atoms with E-state index in [4.69, 9.17) is 5.11 Å². The maximum absolute atomic E-state index is 10.7. The second kappa shape index (κ2) is 7.44. The van der Waals surface area contributed by atoms with Gasteiger partial charge in [-0.15, -0.1) is 0 Å². The molecule has 0 bridgehead atoms. The van der Waals surface area contributed by atoms with Gasteiger partial charge in [-0.1, -0.05) is 52.0 Å². The highest BCUT2D eigenvalue weighted by molar-refractivity contribution is 5.66. The summed E-state index contributed by atoms with van der Waals surface area (Å²) < 4.78 is 0. The molecule has 1 aromatic rings. The molecule has 0 aliphatic heterocycles. The number of carboxylic acid groups (broad SMARTS) is 1. The molecule has 3 nitrogen and oxygen atoms in total. The fraction of sp³-hybridized carbons (Fsp3) is 0.588. The van der Waals surface area contributed by atoms with Gasteiger partial charge in [0.15, 0.2) is 0 Å². The van der Waals surface area contributed by atoms with Crippen LogP contribution in [0.3, 0.4) is 0 Å². The van der Waals surface area contributed by atoms with Gasteiger partial charge in [0.25, 0.3) is 0 Å². The van der Waals surface area contributed by atoms with Gasteiger partial charge in [0.05, 0.1) is 6.42 Å². The van der Waals surface area contributed by atoms with Gasteiger partial charge in [0, 0.05) is 13.1 Å². The van der Waals surface area contributed by atoms with Gasteiger partial charge < -0.3 is 5.11 Å². The van der Waals surface area contributed by atoms with E-state index in [2.05, 4.69) is 56.9 Å². The Morgan fingerprint density at radius 1 is 1.15 bits per heavy atom. The maximum atomic E-state index is 10.7. The fourth-order valence-corrected chi connectivity index (χ4v) is 2.21. The van der Waals surface area contributed by atoms with E-state index in [1.165, 1.54) is 11.1 Å². The van der Waals surface area contributed by atoms with Gasteiger partial charge in [0.2, 0.25) is 0 Å². The highest BCUT2D eigenvalue weighted by Crippen LogP contribution is 2.22. The predicted molar refractivity (Wildman–Crippen MR) is 83.0 cm³/mol. The van der Waals surface area contributed by atoms with Crippen LogP contribution >= 0.6 is 0 Å². The molecule has 0 fully saturated rings. The van der Waals surface area contributed by atoms with E-state index in [9.17, 15) is 4.79 Å². The Kier molecular flexibility index (Phi) is 6.21. The highest BCUT2D eigenvalue weighted by Gasteiger charge is 2.13. The Balaban J connectivity index is 2.66. The van der Waals surface area contributed by atoms with Gasteiger partial charge in [-0.2, -0.15) is 0 Å². The molecule has 0 spiro atoms. The molecule has 1 N–H and O–H groups in total. The van der Waals surface area contributed by atoms with E-state index in [1.807, 2.05) is 0 Å². The van der Waals surface area contributed by atoms with Crippen molar-refractivity contribution in [2.24, 2.45) is 0 Å². The lowest BCUT2D eigenvalue weighted by Crippen LogP contribution is -2.26. The van der Waals surface area contributed by atoms with Crippen molar-refractivity contribution in [1.29, 1.82) is 0 Å². The van der Waals surface area contributed by atoms with Crippen molar-refractivity contribution in [3.05, 3.63) is 35.4 Å². The molecule has 3 heteroatoms. The monoisotopic (exact) mass is 277 g/mol. The first-order valence-corrected chi connectivity index (χ1v) is 7.36. The van der Waals surface area contributed by atoms with Gasteiger partial charge in [-0.25, -0.2) is 0 Å². The molecule has 0 aromatic heterocycles. The Morgan fingerprint density at radius 2 is 1.75 bits per heavy atom. The van der Waals surface area contributed by atoms with E-state index in [0.717, 1.165) is 19.5 Å². The largest absolute Gasteiger partial charge is 0.481 e. The zero-order valence-electron chi connectivity index (χ0n) is 13.1. The number of rotatable bonds is 7. The molecule has 1 aromatic carbocycles. The van der Waals surface area contributed by atoms with Gasteiger partial charge in [-0.3, -0.25) is 9.69 Å². The van der Waals surface area contributed by atoms with Crippen LogP contribution in [-0.4, -0.2) is 29.1 Å². The summed E-state index contributed by atoms with van der Waals surface area (Å²) in [6, 6.07) is 8.67. The summed E-state index contributed by atoms with van der Waals surface area (Å²) in [5.74, 6) is -0.728. The van der Waals surface area contributed by atoms with Crippen molar-refractivity contribution in [3.63, 3.8) is 0 Å². The summed E-state index contributed by atoms with van der Waals surface area (Å²) in [7, 11) is 0. The minimum atomic E-state index is -0.728. The third kappa shape index (κ3) is 5.74. The lowest BCUT2D eigenvalue weighted by Gasteiger charge is -2.22. The van der Waals surface area contributed by atoms with Crippen LogP contribution in [-0.2, 0) is 16.8 Å². The number of benzene rings is 1. The van der Waals surface area contributed by atoms with E-state index in [1.54, 1.807) is 0 Å². The number of nitrogens with zero attached hydrogens (tertiary/aromatic N) is 1. The third-order valence-corrected chi connectivity index (χ3v) is 3.41. The average Bonchev–Trinajstić information content (AvgIpc) is 2.36. The number of aliphatic carboxylic acids is 1. The summed E-state index contributed by atoms with van der Waals surface area (Å²) in [5.41, 5.74) is 2.75. The summed E-state index contributed by atoms with van der Waals surface area (Å²) in [4.78, 5) is 12.9. The average molecular weight is 277 g/mol. The number of carbonyl (C=O) groups is 1. The normalized spacial score (nSPS) is 11.8. The lowest BCUT2D eigenvalue weighted by atomic mass is 9.87. The van der Waals surface area contributed by atoms with Crippen molar-refractivity contribution in [3.8, 4) is 0 Å². The molecule has 0 atom stereocenters. The van der Waals surface area contributed by atoms with Crippen LogP contribution in [0.4, 0.5) is 0 Å². The molecule has 0 saturated heterocycles. The molecule has 0 amide bonds. The zero-order chi connectivity index (χ0) is 15.2. The Hall–Kier alpha value is -1.35. The van der Waals surface area contributed by atoms with E-state index < -0.39 is 5.97 Å². The molecule has 20 heavy (non-hydrogen) atoms. The molecule has 0 aliphatic rings. The number of hydrogen-bond donors (Lipinski definition) is 1. The maximum Gasteiger partial charge on any atom is 0.304 e. The van der Waals surface area contributed by atoms with Gasteiger partial charge in [0.1, 0.15) is 0 Å². The third-order valence-electron chi connectivity index (χ3n) is 3.41. The Labute approximate surface area is 122 Å².